The summed E-state index contributed by atoms with van der Waals surface area (Å²) in [6, 6.07) is 12.7. The van der Waals surface area contributed by atoms with Crippen LogP contribution in [-0.4, -0.2) is 57.7 Å². The first-order valence-electron chi connectivity index (χ1n) is 13.1. The Balaban J connectivity index is 1.74. The summed E-state index contributed by atoms with van der Waals surface area (Å²) in [5.74, 6) is -0.444. The Labute approximate surface area is 233 Å². The third kappa shape index (κ3) is 6.81. The van der Waals surface area contributed by atoms with Crippen molar-refractivity contribution >= 4 is 23.4 Å². The molecule has 10 heteroatoms. The molecule has 10 nitrogen and oxygen atoms in total. The van der Waals surface area contributed by atoms with E-state index in [2.05, 4.69) is 10.6 Å². The maximum atomic E-state index is 13.9. The molecule has 1 saturated heterocycles. The van der Waals surface area contributed by atoms with Gasteiger partial charge in [-0.25, -0.2) is 0 Å². The van der Waals surface area contributed by atoms with Gasteiger partial charge in [-0.2, -0.15) is 0 Å². The summed E-state index contributed by atoms with van der Waals surface area (Å²) in [5, 5.41) is 5.59. The normalized spacial score (nSPS) is 15.2. The molecule has 212 valence electrons. The molecule has 2 atom stereocenters. The van der Waals surface area contributed by atoms with Crippen molar-refractivity contribution in [2.45, 2.75) is 38.8 Å². The van der Waals surface area contributed by atoms with Crippen LogP contribution in [0, 0.1) is 13.8 Å². The van der Waals surface area contributed by atoms with E-state index in [9.17, 15) is 14.4 Å². The van der Waals surface area contributed by atoms with E-state index in [-0.39, 0.29) is 18.4 Å². The molecule has 0 unspecified atom stereocenters. The molecule has 0 aliphatic carbocycles. The minimum atomic E-state index is -1.09. The molecule has 1 aromatic heterocycles. The smallest absolute Gasteiger partial charge is 0.287 e. The summed E-state index contributed by atoms with van der Waals surface area (Å²) in [6.07, 6.45) is 3.07. The number of carbonyl (C=O) groups is 3. The van der Waals surface area contributed by atoms with E-state index in [1.807, 2.05) is 32.0 Å². The molecule has 3 amide bonds. The number of hydrogen-bond donors (Lipinski definition) is 2. The Bertz CT molecular complexity index is 1310. The average molecular weight is 550 g/mol. The lowest BCUT2D eigenvalue weighted by Gasteiger charge is -2.32. The Morgan fingerprint density at radius 3 is 2.38 bits per heavy atom. The molecule has 1 aliphatic rings. The number of aryl methyl sites for hydroxylation is 2. The fourth-order valence-corrected chi connectivity index (χ4v) is 4.82. The number of hydrogen-bond acceptors (Lipinski definition) is 7. The van der Waals surface area contributed by atoms with Crippen molar-refractivity contribution in [3.8, 4) is 11.5 Å². The van der Waals surface area contributed by atoms with Crippen molar-refractivity contribution in [3.05, 3.63) is 77.2 Å². The third-order valence-electron chi connectivity index (χ3n) is 6.66. The molecule has 2 N–H and O–H groups in total. The van der Waals surface area contributed by atoms with Gasteiger partial charge < -0.3 is 29.3 Å². The van der Waals surface area contributed by atoms with Crippen LogP contribution in [0.25, 0.3) is 0 Å². The van der Waals surface area contributed by atoms with Gasteiger partial charge in [-0.15, -0.1) is 0 Å². The zero-order valence-electron chi connectivity index (χ0n) is 23.2. The van der Waals surface area contributed by atoms with Gasteiger partial charge in [0.05, 0.1) is 33.1 Å². The molecule has 2 heterocycles. The van der Waals surface area contributed by atoms with Crippen LogP contribution in [0.4, 0.5) is 5.69 Å². The van der Waals surface area contributed by atoms with E-state index in [0.717, 1.165) is 24.0 Å². The van der Waals surface area contributed by atoms with Crippen molar-refractivity contribution in [1.29, 1.82) is 0 Å². The lowest BCUT2D eigenvalue weighted by atomic mass is 10.0. The molecule has 2 aromatic carbocycles. The highest BCUT2D eigenvalue weighted by Crippen LogP contribution is 2.35. The minimum absolute atomic E-state index is 0.0801. The van der Waals surface area contributed by atoms with Gasteiger partial charge in [0.15, 0.2) is 17.3 Å². The van der Waals surface area contributed by atoms with Crippen molar-refractivity contribution in [3.63, 3.8) is 0 Å². The quantitative estimate of drug-likeness (QED) is 0.374. The number of amides is 3. The second kappa shape index (κ2) is 13.2. The zero-order chi connectivity index (χ0) is 28.6. The lowest BCUT2D eigenvalue weighted by Crippen LogP contribution is -2.48. The number of carbonyl (C=O) groups excluding carboxylic acids is 3. The summed E-state index contributed by atoms with van der Waals surface area (Å²) >= 11 is 0. The second-order valence-electron chi connectivity index (χ2n) is 9.67. The molecule has 4 rings (SSSR count). The molecule has 40 heavy (non-hydrogen) atoms. The van der Waals surface area contributed by atoms with E-state index in [1.165, 1.54) is 31.4 Å². The number of rotatable bonds is 11. The van der Waals surface area contributed by atoms with Crippen LogP contribution in [0.1, 0.15) is 46.1 Å². The van der Waals surface area contributed by atoms with Gasteiger partial charge in [-0.3, -0.25) is 19.3 Å². The highest BCUT2D eigenvalue weighted by atomic mass is 16.5. The number of benzene rings is 2. The largest absolute Gasteiger partial charge is 0.493 e. The summed E-state index contributed by atoms with van der Waals surface area (Å²) in [7, 11) is 3.03. The fourth-order valence-electron chi connectivity index (χ4n) is 4.82. The first kappa shape index (κ1) is 28.7. The maximum absolute atomic E-state index is 13.9. The number of anilines is 1. The van der Waals surface area contributed by atoms with Gasteiger partial charge in [0, 0.05) is 18.8 Å². The molecular weight excluding hydrogens is 514 g/mol. The second-order valence-corrected chi connectivity index (χ2v) is 9.67. The number of ether oxygens (including phenoxy) is 3. The van der Waals surface area contributed by atoms with E-state index in [1.54, 1.807) is 24.3 Å². The summed E-state index contributed by atoms with van der Waals surface area (Å²) in [5.41, 5.74) is 2.85. The van der Waals surface area contributed by atoms with Gasteiger partial charge in [0.1, 0.15) is 6.04 Å². The van der Waals surface area contributed by atoms with Gasteiger partial charge in [-0.1, -0.05) is 12.1 Å². The molecule has 3 aromatic rings. The Morgan fingerprint density at radius 1 is 1.00 bits per heavy atom. The molecule has 0 bridgehead atoms. The van der Waals surface area contributed by atoms with Crippen LogP contribution < -0.4 is 25.0 Å². The van der Waals surface area contributed by atoms with Crippen LogP contribution in [0.15, 0.2) is 59.2 Å². The van der Waals surface area contributed by atoms with E-state index in [0.29, 0.717) is 35.9 Å². The molecule has 1 aliphatic heterocycles. The average Bonchev–Trinajstić information content (AvgIpc) is 3.67. The first-order chi connectivity index (χ1) is 19.3. The zero-order valence-corrected chi connectivity index (χ0v) is 23.2. The van der Waals surface area contributed by atoms with Crippen molar-refractivity contribution < 1.29 is 33.0 Å². The summed E-state index contributed by atoms with van der Waals surface area (Å²) < 4.78 is 21.7. The van der Waals surface area contributed by atoms with E-state index in [4.69, 9.17) is 18.6 Å². The van der Waals surface area contributed by atoms with Gasteiger partial charge >= 0.3 is 0 Å². The maximum Gasteiger partial charge on any atom is 0.287 e. The Kier molecular flexibility index (Phi) is 9.44. The highest BCUT2D eigenvalue weighted by Gasteiger charge is 2.34. The minimum Gasteiger partial charge on any atom is -0.493 e. The lowest BCUT2D eigenvalue weighted by molar-refractivity contribution is -0.126. The predicted molar refractivity (Wildman–Crippen MR) is 149 cm³/mol. The van der Waals surface area contributed by atoms with Crippen molar-refractivity contribution in [2.24, 2.45) is 0 Å². The van der Waals surface area contributed by atoms with Crippen LogP contribution in [-0.2, 0) is 14.3 Å². The van der Waals surface area contributed by atoms with Gasteiger partial charge in [0.25, 0.3) is 5.91 Å². The highest BCUT2D eigenvalue weighted by molar-refractivity contribution is 6.04. The SMILES string of the molecule is COc1ccc([C@@H](C(=O)NC[C@H]2CCCO2)N(C(=O)CNC(=O)c2ccco2)c2cc(C)cc(C)c2)cc1OC. The van der Waals surface area contributed by atoms with Crippen LogP contribution in [0.2, 0.25) is 0 Å². The summed E-state index contributed by atoms with van der Waals surface area (Å²) in [4.78, 5) is 41.8. The number of furan rings is 1. The fraction of sp³-hybridized carbons (Fsp3) is 0.367. The molecule has 0 saturated carbocycles. The predicted octanol–water partition coefficient (Wildman–Crippen LogP) is 3.71. The van der Waals surface area contributed by atoms with E-state index < -0.39 is 23.8 Å². The summed E-state index contributed by atoms with van der Waals surface area (Å²) in [6.45, 7) is 4.44. The topological polar surface area (TPSA) is 119 Å². The number of nitrogens with one attached hydrogen (secondary N) is 2. The standard InChI is InChI=1S/C30H35N3O7/c1-19-13-20(2)15-22(14-19)33(27(34)18-32-29(35)25-8-6-12-40-25)28(30(36)31-17-23-7-5-11-39-23)21-9-10-24(37-3)26(16-21)38-4/h6,8-10,12-16,23,28H,5,7,11,17-18H2,1-4H3,(H,31,36)(H,32,35)/t23-,28+/m1/s1. The third-order valence-corrected chi connectivity index (χ3v) is 6.66. The number of nitrogens with zero attached hydrogens (tertiary/aromatic N) is 1. The monoisotopic (exact) mass is 549 g/mol. The molecule has 0 radical (unpaired) electrons. The molecular formula is C30H35N3O7. The van der Waals surface area contributed by atoms with Gasteiger partial charge in [-0.05, 0) is 79.8 Å². The van der Waals surface area contributed by atoms with E-state index >= 15 is 0 Å². The van der Waals surface area contributed by atoms with Crippen molar-refractivity contribution in [1.82, 2.24) is 10.6 Å². The number of methoxy groups -OCH3 is 2. The van der Waals surface area contributed by atoms with Crippen LogP contribution in [0.3, 0.4) is 0 Å². The van der Waals surface area contributed by atoms with Crippen molar-refractivity contribution in [2.75, 3.05) is 38.8 Å². The van der Waals surface area contributed by atoms with Crippen LogP contribution >= 0.6 is 0 Å². The van der Waals surface area contributed by atoms with Gasteiger partial charge in [0.2, 0.25) is 11.8 Å². The Hall–Kier alpha value is -4.31. The van der Waals surface area contributed by atoms with Crippen LogP contribution in [0.5, 0.6) is 11.5 Å². The Morgan fingerprint density at radius 2 is 1.75 bits per heavy atom. The molecule has 1 fully saturated rings. The molecule has 0 spiro atoms. The first-order valence-corrected chi connectivity index (χ1v) is 13.1.